The third-order valence-electron chi connectivity index (χ3n) is 6.92. The Kier molecular flexibility index (Phi) is 8.94. The van der Waals surface area contributed by atoms with Gasteiger partial charge >= 0.3 is 18.3 Å². The van der Waals surface area contributed by atoms with E-state index in [0.29, 0.717) is 29.8 Å². The van der Waals surface area contributed by atoms with Gasteiger partial charge in [0.1, 0.15) is 17.1 Å². The molecule has 0 saturated carbocycles. The largest absolute Gasteiger partial charge is 0.496 e. The lowest BCUT2D eigenvalue weighted by atomic mass is 9.72. The van der Waals surface area contributed by atoms with Crippen LogP contribution in [0.1, 0.15) is 43.0 Å². The van der Waals surface area contributed by atoms with E-state index in [4.69, 9.17) is 14.2 Å². The minimum atomic E-state index is -6.07. The zero-order chi connectivity index (χ0) is 33.2. The number of rotatable bonds is 10. The summed E-state index contributed by atoms with van der Waals surface area (Å²) in [5, 5.41) is 9.43. The number of carboxylic acid groups (broad SMARTS) is 1. The Morgan fingerprint density at radius 1 is 0.711 bits per heavy atom. The topological polar surface area (TPSA) is 99.1 Å². The number of aromatic carboxylic acids is 1. The van der Waals surface area contributed by atoms with Gasteiger partial charge in [0.15, 0.2) is 17.3 Å². The van der Waals surface area contributed by atoms with Gasteiger partial charge < -0.3 is 19.3 Å². The molecule has 0 spiro atoms. The van der Waals surface area contributed by atoms with Crippen LogP contribution in [0.3, 0.4) is 0 Å². The number of benzene rings is 4. The van der Waals surface area contributed by atoms with Crippen molar-refractivity contribution < 1.29 is 60.0 Å². The van der Waals surface area contributed by atoms with Crippen molar-refractivity contribution in [3.8, 4) is 23.0 Å². The Hall–Kier alpha value is -5.33. The van der Waals surface area contributed by atoms with Crippen LogP contribution in [-0.4, -0.2) is 42.8 Å². The Balaban J connectivity index is 1.80. The Labute approximate surface area is 251 Å². The van der Waals surface area contributed by atoms with Crippen molar-refractivity contribution in [2.24, 2.45) is 0 Å². The summed E-state index contributed by atoms with van der Waals surface area (Å²) in [6, 6.07) is 15.2. The molecule has 0 atom stereocenters. The van der Waals surface area contributed by atoms with Crippen molar-refractivity contribution in [2.45, 2.75) is 24.7 Å². The predicted molar refractivity (Wildman–Crippen MR) is 147 cm³/mol. The zero-order valence-corrected chi connectivity index (χ0v) is 23.3. The van der Waals surface area contributed by atoms with Crippen molar-refractivity contribution in [3.63, 3.8) is 0 Å². The first kappa shape index (κ1) is 32.6. The van der Waals surface area contributed by atoms with Crippen LogP contribution in [0.15, 0.2) is 84.9 Å². The van der Waals surface area contributed by atoms with Crippen LogP contribution in [-0.2, 0) is 10.2 Å². The molecule has 0 aliphatic carbocycles. The number of hydrogen-bond acceptors (Lipinski definition) is 6. The van der Waals surface area contributed by atoms with E-state index < -0.39 is 57.7 Å². The number of halogens is 6. The van der Waals surface area contributed by atoms with E-state index >= 15 is 0 Å². The number of aryl methyl sites for hydroxylation is 1. The Morgan fingerprint density at radius 3 is 1.71 bits per heavy atom. The molecule has 0 radical (unpaired) electrons. The molecular formula is C32H22F6O7. The molecule has 13 heteroatoms. The first-order chi connectivity index (χ1) is 21.1. The molecule has 0 unspecified atom stereocenters. The minimum absolute atomic E-state index is 0.0121. The molecule has 0 aliphatic heterocycles. The SMILES string of the molecule is COc1ccc(C(c2ccc(Oc3ccc(C(=O)c4ccc(C)cc4)cc3)c(OC=O)c2)(C(F)(F)F)C(F)(F)F)cc1C(=O)O. The van der Waals surface area contributed by atoms with Crippen molar-refractivity contribution in [3.05, 3.63) is 118 Å². The number of alkyl halides is 6. The van der Waals surface area contributed by atoms with Gasteiger partial charge in [0.05, 0.1) is 7.11 Å². The molecule has 4 aromatic carbocycles. The van der Waals surface area contributed by atoms with Gasteiger partial charge in [0.2, 0.25) is 5.41 Å². The lowest BCUT2D eigenvalue weighted by Crippen LogP contribution is -2.54. The lowest BCUT2D eigenvalue weighted by Gasteiger charge is -2.38. The van der Waals surface area contributed by atoms with Gasteiger partial charge in [-0.3, -0.25) is 9.59 Å². The van der Waals surface area contributed by atoms with Crippen molar-refractivity contribution in [2.75, 3.05) is 7.11 Å². The molecule has 0 amide bonds. The van der Waals surface area contributed by atoms with E-state index in [2.05, 4.69) is 0 Å². The summed E-state index contributed by atoms with van der Waals surface area (Å²) >= 11 is 0. The molecule has 45 heavy (non-hydrogen) atoms. The highest BCUT2D eigenvalue weighted by molar-refractivity contribution is 6.09. The van der Waals surface area contributed by atoms with Crippen LogP contribution in [0, 0.1) is 6.92 Å². The number of carbonyl (C=O) groups excluding carboxylic acids is 2. The summed E-state index contributed by atoms with van der Waals surface area (Å²) in [6.07, 6.45) is -12.1. The van der Waals surface area contributed by atoms with E-state index in [9.17, 15) is 45.8 Å². The molecule has 0 saturated heterocycles. The maximum absolute atomic E-state index is 14.7. The van der Waals surface area contributed by atoms with Gasteiger partial charge in [-0.05, 0) is 66.6 Å². The second-order valence-electron chi connectivity index (χ2n) is 9.66. The normalized spacial score (nSPS) is 11.9. The standard InChI is InChI=1S/C32H22F6O7/c1-18-3-5-19(6-4-18)28(40)20-7-11-23(12-8-20)45-26-14-10-22(16-27(26)44-17-39)30(31(33,34)35,32(36,37)38)21-9-13-25(43-2)24(15-21)29(41)42/h3-17H,1-2H3,(H,41,42). The summed E-state index contributed by atoms with van der Waals surface area (Å²) < 4.78 is 103. The molecule has 4 rings (SSSR count). The summed E-state index contributed by atoms with van der Waals surface area (Å²) in [5.74, 6) is -3.82. The number of hydrogen-bond donors (Lipinski definition) is 1. The quantitative estimate of drug-likeness (QED) is 0.109. The number of carboxylic acids is 1. The molecule has 0 aliphatic rings. The number of carbonyl (C=O) groups is 3. The summed E-state index contributed by atoms with van der Waals surface area (Å²) in [5.41, 5.74) is -6.99. The zero-order valence-electron chi connectivity index (χ0n) is 23.3. The Morgan fingerprint density at radius 2 is 1.22 bits per heavy atom. The molecule has 0 aromatic heterocycles. The average molecular weight is 633 g/mol. The van der Waals surface area contributed by atoms with Crippen LogP contribution in [0.4, 0.5) is 26.3 Å². The molecule has 1 N–H and O–H groups in total. The maximum atomic E-state index is 14.7. The second-order valence-corrected chi connectivity index (χ2v) is 9.66. The lowest BCUT2D eigenvalue weighted by molar-refractivity contribution is -0.288. The van der Waals surface area contributed by atoms with Gasteiger partial charge in [0, 0.05) is 11.1 Å². The number of ketones is 1. The van der Waals surface area contributed by atoms with Crippen LogP contribution >= 0.6 is 0 Å². The van der Waals surface area contributed by atoms with Gasteiger partial charge in [-0.25, -0.2) is 4.79 Å². The molecule has 0 heterocycles. The second kappa shape index (κ2) is 12.3. The van der Waals surface area contributed by atoms with E-state index in [1.807, 2.05) is 6.92 Å². The van der Waals surface area contributed by atoms with E-state index in [0.717, 1.165) is 18.7 Å². The monoisotopic (exact) mass is 632 g/mol. The predicted octanol–water partition coefficient (Wildman–Crippen LogP) is 7.67. The average Bonchev–Trinajstić information content (AvgIpc) is 2.97. The summed E-state index contributed by atoms with van der Waals surface area (Å²) in [4.78, 5) is 35.6. The molecule has 7 nitrogen and oxygen atoms in total. The summed E-state index contributed by atoms with van der Waals surface area (Å²) in [6.45, 7) is 1.64. The highest BCUT2D eigenvalue weighted by Gasteiger charge is 2.72. The maximum Gasteiger partial charge on any atom is 0.411 e. The van der Waals surface area contributed by atoms with E-state index in [1.54, 1.807) is 24.3 Å². The third-order valence-corrected chi connectivity index (χ3v) is 6.92. The van der Waals surface area contributed by atoms with Crippen molar-refractivity contribution in [1.29, 1.82) is 0 Å². The fourth-order valence-corrected chi connectivity index (χ4v) is 4.73. The van der Waals surface area contributed by atoms with E-state index in [-0.39, 0.29) is 29.6 Å². The number of methoxy groups -OCH3 is 1. The molecule has 234 valence electrons. The molecule has 0 bridgehead atoms. The highest BCUT2D eigenvalue weighted by Crippen LogP contribution is 2.57. The van der Waals surface area contributed by atoms with E-state index in [1.165, 1.54) is 24.3 Å². The van der Waals surface area contributed by atoms with Crippen molar-refractivity contribution in [1.82, 2.24) is 0 Å². The first-order valence-corrected chi connectivity index (χ1v) is 12.8. The smallest absolute Gasteiger partial charge is 0.411 e. The first-order valence-electron chi connectivity index (χ1n) is 12.8. The molecular weight excluding hydrogens is 610 g/mol. The molecule has 0 fully saturated rings. The van der Waals surface area contributed by atoms with Crippen LogP contribution in [0.25, 0.3) is 0 Å². The van der Waals surface area contributed by atoms with Gasteiger partial charge in [-0.15, -0.1) is 0 Å². The van der Waals surface area contributed by atoms with Crippen molar-refractivity contribution >= 4 is 18.2 Å². The third kappa shape index (κ3) is 6.19. The highest BCUT2D eigenvalue weighted by atomic mass is 19.4. The van der Waals surface area contributed by atoms with Crippen LogP contribution < -0.4 is 14.2 Å². The fourth-order valence-electron chi connectivity index (χ4n) is 4.73. The van der Waals surface area contributed by atoms with Gasteiger partial charge in [-0.2, -0.15) is 26.3 Å². The van der Waals surface area contributed by atoms with Gasteiger partial charge in [-0.1, -0.05) is 42.0 Å². The van der Waals surface area contributed by atoms with Crippen LogP contribution in [0.5, 0.6) is 23.0 Å². The minimum Gasteiger partial charge on any atom is -0.496 e. The Bertz CT molecular complexity index is 1710. The summed E-state index contributed by atoms with van der Waals surface area (Å²) in [7, 11) is 0.999. The van der Waals surface area contributed by atoms with Crippen LogP contribution in [0.2, 0.25) is 0 Å². The fraction of sp³-hybridized carbons (Fsp3) is 0.156. The molecule has 4 aromatic rings. The number of ether oxygens (including phenoxy) is 3. The van der Waals surface area contributed by atoms with Gasteiger partial charge in [0.25, 0.3) is 6.47 Å².